The largest absolute Gasteiger partial charge is 0.368 e. The van der Waals surface area contributed by atoms with Gasteiger partial charge in [-0.25, -0.2) is 9.99 Å². The molecule has 4 heterocycles. The first-order valence-electron chi connectivity index (χ1n) is 9.84. The topological polar surface area (TPSA) is 57.2 Å². The molecule has 2 aliphatic heterocycles. The lowest BCUT2D eigenvalue weighted by atomic mass is 10.1. The molecule has 0 bridgehead atoms. The Labute approximate surface area is 165 Å². The lowest BCUT2D eigenvalue weighted by Gasteiger charge is -2.40. The molecule has 2 atom stereocenters. The van der Waals surface area contributed by atoms with Crippen LogP contribution in [-0.2, 0) is 0 Å². The van der Waals surface area contributed by atoms with E-state index in [4.69, 9.17) is 0 Å². The summed E-state index contributed by atoms with van der Waals surface area (Å²) in [5, 5.41) is 4.61. The van der Waals surface area contributed by atoms with Gasteiger partial charge >= 0.3 is 0 Å². The molecule has 6 rings (SSSR count). The number of pyridine rings is 1. The summed E-state index contributed by atoms with van der Waals surface area (Å²) in [5.74, 6) is 1.64. The minimum absolute atomic E-state index is 0. The third-order valence-corrected chi connectivity index (χ3v) is 6.46. The van der Waals surface area contributed by atoms with Gasteiger partial charge in [0.2, 0.25) is 0 Å². The molecule has 0 amide bonds. The average molecular weight is 372 g/mol. The SMILES string of the molecule is CC1=CN2CCN(Nc3cc4cc(-c5cnccn5)ccc4cn3)CC23CC13.[HH]. The summed E-state index contributed by atoms with van der Waals surface area (Å²) < 4.78 is 0. The normalized spacial score (nSPS) is 26.0. The highest BCUT2D eigenvalue weighted by Crippen LogP contribution is 2.58. The van der Waals surface area contributed by atoms with E-state index in [-0.39, 0.29) is 1.43 Å². The zero-order chi connectivity index (χ0) is 18.7. The van der Waals surface area contributed by atoms with E-state index in [9.17, 15) is 0 Å². The van der Waals surface area contributed by atoms with Gasteiger partial charge in [0.05, 0.1) is 17.4 Å². The molecule has 1 aliphatic carbocycles. The number of rotatable bonds is 3. The molecule has 2 unspecified atom stereocenters. The number of aromatic nitrogens is 3. The maximum atomic E-state index is 4.63. The molecule has 6 heteroatoms. The zero-order valence-corrected chi connectivity index (χ0v) is 15.8. The molecule has 1 saturated carbocycles. The maximum absolute atomic E-state index is 4.63. The molecule has 142 valence electrons. The molecule has 1 aromatic carbocycles. The van der Waals surface area contributed by atoms with Gasteiger partial charge in [-0.15, -0.1) is 0 Å². The highest BCUT2D eigenvalue weighted by atomic mass is 15.6. The number of hydrogen-bond acceptors (Lipinski definition) is 6. The molecule has 0 radical (unpaired) electrons. The van der Waals surface area contributed by atoms with Gasteiger partial charge in [0.15, 0.2) is 0 Å². The van der Waals surface area contributed by atoms with E-state index in [1.165, 1.54) is 6.42 Å². The molecule has 3 aliphatic rings. The summed E-state index contributed by atoms with van der Waals surface area (Å²) >= 11 is 0. The Kier molecular flexibility index (Phi) is 3.29. The van der Waals surface area contributed by atoms with Gasteiger partial charge in [0.1, 0.15) is 5.82 Å². The van der Waals surface area contributed by atoms with E-state index in [1.807, 2.05) is 6.20 Å². The number of piperazine rings is 1. The summed E-state index contributed by atoms with van der Waals surface area (Å²) in [5.41, 5.74) is 7.39. The van der Waals surface area contributed by atoms with Gasteiger partial charge in [-0.2, -0.15) is 0 Å². The molecule has 1 N–H and O–H groups in total. The van der Waals surface area contributed by atoms with Crippen molar-refractivity contribution in [2.75, 3.05) is 25.1 Å². The number of nitrogens with zero attached hydrogens (tertiary/aromatic N) is 5. The third kappa shape index (κ3) is 2.41. The van der Waals surface area contributed by atoms with Crippen LogP contribution in [0.1, 0.15) is 14.8 Å². The van der Waals surface area contributed by atoms with E-state index < -0.39 is 0 Å². The quantitative estimate of drug-likeness (QED) is 0.759. The average Bonchev–Trinajstić information content (AvgIpc) is 3.37. The van der Waals surface area contributed by atoms with Crippen LogP contribution in [0.15, 0.2) is 60.8 Å². The van der Waals surface area contributed by atoms with Crippen molar-refractivity contribution in [2.24, 2.45) is 5.92 Å². The number of fused-ring (bicyclic) bond motifs is 1. The molecular weight excluding hydrogens is 348 g/mol. The van der Waals surface area contributed by atoms with Crippen molar-refractivity contribution < 1.29 is 1.43 Å². The Hall–Kier alpha value is -2.99. The van der Waals surface area contributed by atoms with Crippen LogP contribution in [0.5, 0.6) is 0 Å². The predicted octanol–water partition coefficient (Wildman–Crippen LogP) is 3.56. The first kappa shape index (κ1) is 16.0. The van der Waals surface area contributed by atoms with Crippen LogP contribution in [0, 0.1) is 5.92 Å². The monoisotopic (exact) mass is 372 g/mol. The van der Waals surface area contributed by atoms with Crippen molar-refractivity contribution in [1.82, 2.24) is 24.9 Å². The van der Waals surface area contributed by atoms with Gasteiger partial charge in [0.25, 0.3) is 0 Å². The molecule has 2 aromatic heterocycles. The number of nitrogens with one attached hydrogen (secondary N) is 1. The predicted molar refractivity (Wildman–Crippen MR) is 111 cm³/mol. The fraction of sp³-hybridized carbons (Fsp3) is 0.318. The second-order valence-corrected chi connectivity index (χ2v) is 8.18. The fourth-order valence-electron chi connectivity index (χ4n) is 4.92. The lowest BCUT2D eigenvalue weighted by Crippen LogP contribution is -2.54. The number of anilines is 1. The van der Waals surface area contributed by atoms with Crippen molar-refractivity contribution in [1.29, 1.82) is 0 Å². The standard InChI is InChI=1S/C22H22N6.H2/c1-15-13-27-6-7-28(14-22(27)10-19(15)22)26-21-9-18-8-16(2-3-17(18)11-25-21)20-12-23-4-5-24-20;/h2-5,8-9,11-13,19H,6-7,10,14H2,1H3,(H,25,26);1H. The van der Waals surface area contributed by atoms with Crippen molar-refractivity contribution in [3.63, 3.8) is 0 Å². The van der Waals surface area contributed by atoms with Crippen molar-refractivity contribution in [3.8, 4) is 11.3 Å². The van der Waals surface area contributed by atoms with Crippen LogP contribution in [0.2, 0.25) is 0 Å². The highest BCUT2D eigenvalue weighted by molar-refractivity contribution is 5.87. The van der Waals surface area contributed by atoms with Gasteiger partial charge in [-0.05, 0) is 37.1 Å². The maximum Gasteiger partial charge on any atom is 0.140 e. The third-order valence-electron chi connectivity index (χ3n) is 6.46. The zero-order valence-electron chi connectivity index (χ0n) is 15.8. The number of hydrogen-bond donors (Lipinski definition) is 1. The van der Waals surface area contributed by atoms with Crippen LogP contribution in [0.4, 0.5) is 5.82 Å². The molecule has 3 aromatic rings. The molecular formula is C22H24N6. The van der Waals surface area contributed by atoms with Crippen LogP contribution in [0.3, 0.4) is 0 Å². The second-order valence-electron chi connectivity index (χ2n) is 8.18. The lowest BCUT2D eigenvalue weighted by molar-refractivity contribution is 0.117. The van der Waals surface area contributed by atoms with Gasteiger partial charge in [-0.1, -0.05) is 17.7 Å². The van der Waals surface area contributed by atoms with Gasteiger partial charge in [0, 0.05) is 56.5 Å². The minimum Gasteiger partial charge on any atom is -0.368 e. The number of benzene rings is 1. The van der Waals surface area contributed by atoms with E-state index in [0.717, 1.165) is 53.4 Å². The van der Waals surface area contributed by atoms with Crippen molar-refractivity contribution >= 4 is 16.6 Å². The Bertz CT molecular complexity index is 1100. The molecule has 1 saturated heterocycles. The Balaban J connectivity index is 0.00000181. The van der Waals surface area contributed by atoms with Gasteiger partial charge < -0.3 is 10.3 Å². The first-order chi connectivity index (χ1) is 13.7. The van der Waals surface area contributed by atoms with Gasteiger partial charge in [-0.3, -0.25) is 9.97 Å². The van der Waals surface area contributed by atoms with Crippen LogP contribution in [-0.4, -0.2) is 50.0 Å². The van der Waals surface area contributed by atoms with E-state index >= 15 is 0 Å². The van der Waals surface area contributed by atoms with E-state index in [2.05, 4.69) is 67.7 Å². The van der Waals surface area contributed by atoms with Crippen molar-refractivity contribution in [3.05, 3.63) is 60.8 Å². The summed E-state index contributed by atoms with van der Waals surface area (Å²) in [7, 11) is 0. The summed E-state index contributed by atoms with van der Waals surface area (Å²) in [6.07, 6.45) is 10.8. The second kappa shape index (κ2) is 5.75. The smallest absolute Gasteiger partial charge is 0.140 e. The summed E-state index contributed by atoms with van der Waals surface area (Å²) in [6.45, 7) is 5.39. The minimum atomic E-state index is 0. The first-order valence-corrected chi connectivity index (χ1v) is 9.84. The number of hydrazine groups is 1. The molecule has 1 spiro atoms. The molecule has 6 nitrogen and oxygen atoms in total. The van der Waals surface area contributed by atoms with Crippen molar-refractivity contribution in [2.45, 2.75) is 18.9 Å². The fourth-order valence-corrected chi connectivity index (χ4v) is 4.92. The van der Waals surface area contributed by atoms with Crippen LogP contribution >= 0.6 is 0 Å². The Morgan fingerprint density at radius 3 is 2.93 bits per heavy atom. The van der Waals surface area contributed by atoms with Crippen LogP contribution in [0.25, 0.3) is 22.0 Å². The molecule has 2 fully saturated rings. The summed E-state index contributed by atoms with van der Waals surface area (Å²) in [4.78, 5) is 15.8. The van der Waals surface area contributed by atoms with E-state index in [1.54, 1.807) is 24.2 Å². The van der Waals surface area contributed by atoms with E-state index in [0.29, 0.717) is 5.54 Å². The summed E-state index contributed by atoms with van der Waals surface area (Å²) in [6, 6.07) is 8.45. The van der Waals surface area contributed by atoms with Crippen LogP contribution < -0.4 is 5.43 Å². The highest BCUT2D eigenvalue weighted by Gasteiger charge is 2.63. The Morgan fingerprint density at radius 2 is 2.07 bits per heavy atom. The molecule has 28 heavy (non-hydrogen) atoms. The Morgan fingerprint density at radius 1 is 1.11 bits per heavy atom.